The highest BCUT2D eigenvalue weighted by Gasteiger charge is 2.29. The normalized spacial score (nSPS) is 15.9. The number of benzene rings is 1. The molecule has 3 N–H and O–H groups in total. The van der Waals surface area contributed by atoms with Crippen molar-refractivity contribution in [3.8, 4) is 0 Å². The van der Waals surface area contributed by atoms with Crippen LogP contribution in [0.4, 0.5) is 37.3 Å². The number of aromatic nitrogens is 1. The SMILES string of the molecule is C=Nc1c(Nc2ccc(C3CCCCCC3)cc2N(C)SC)cc(C2CC2)nc1N(CC(F)F)PI.NC=O. The van der Waals surface area contributed by atoms with Gasteiger partial charge >= 0.3 is 0 Å². The van der Waals surface area contributed by atoms with Crippen LogP contribution in [0.15, 0.2) is 29.3 Å². The van der Waals surface area contributed by atoms with Gasteiger partial charge in [0.05, 0.1) is 23.6 Å². The number of pyridine rings is 1. The number of hydrogen-bond acceptors (Lipinski definition) is 7. The fourth-order valence-electron chi connectivity index (χ4n) is 4.90. The van der Waals surface area contributed by atoms with Gasteiger partial charge in [-0.15, -0.1) is 0 Å². The Hall–Kier alpha value is -1.72. The zero-order valence-corrected chi connectivity index (χ0v) is 26.5. The molecule has 2 fully saturated rings. The molecule has 0 bridgehead atoms. The second-order valence-corrected chi connectivity index (χ2v) is 12.8. The number of carbonyl (C=O) groups excluding carboxylic acids is 1. The average molecular weight is 691 g/mol. The van der Waals surface area contributed by atoms with E-state index < -0.39 is 6.43 Å². The molecule has 0 spiro atoms. The molecule has 1 aromatic carbocycles. The number of aliphatic imine (C=N–C) groups is 1. The zero-order chi connectivity index (χ0) is 28.4. The molecule has 0 aliphatic heterocycles. The summed E-state index contributed by atoms with van der Waals surface area (Å²) in [6.45, 7) is 3.41. The van der Waals surface area contributed by atoms with Crippen molar-refractivity contribution >= 4 is 82.1 Å². The van der Waals surface area contributed by atoms with Gasteiger partial charge in [0.25, 0.3) is 6.43 Å². The van der Waals surface area contributed by atoms with Crippen molar-refractivity contribution in [2.75, 3.05) is 34.1 Å². The Labute approximate surface area is 249 Å². The van der Waals surface area contributed by atoms with E-state index in [0.29, 0.717) is 23.3 Å². The standard InChI is InChI=1S/C26H35F2IN5PS.CH3NO/c1-30-25-22(15-21(18-10-11-18)32-26(25)34(35-29)16-24(27)28)31-20-13-12-19(14-23(20)33(2)36-3)17-8-6-4-5-7-9-17;2-1-3/h12-15,17-18,24,35H,1,4-11,16H2,2-3H3,(H,31,32);1H,(H2,2,3). The maximum Gasteiger partial charge on any atom is 0.256 e. The Kier molecular flexibility index (Phi) is 13.0. The van der Waals surface area contributed by atoms with Crippen molar-refractivity contribution in [3.05, 3.63) is 35.5 Å². The quantitative estimate of drug-likeness (QED) is 0.0617. The number of alkyl halides is 2. The van der Waals surface area contributed by atoms with Crippen molar-refractivity contribution in [2.24, 2.45) is 10.7 Å². The Morgan fingerprint density at radius 2 is 1.87 bits per heavy atom. The molecule has 2 saturated carbocycles. The summed E-state index contributed by atoms with van der Waals surface area (Å²) in [5.74, 6) is 1.46. The van der Waals surface area contributed by atoms with Crippen LogP contribution >= 0.6 is 40.4 Å². The maximum absolute atomic E-state index is 13.4. The number of nitrogens with one attached hydrogen (secondary N) is 1. The van der Waals surface area contributed by atoms with E-state index in [9.17, 15) is 8.78 Å². The van der Waals surface area contributed by atoms with Gasteiger partial charge < -0.3 is 20.0 Å². The number of hydrogen-bond donors (Lipinski definition) is 2. The van der Waals surface area contributed by atoms with E-state index in [0.717, 1.165) is 35.6 Å². The van der Waals surface area contributed by atoms with E-state index in [1.54, 1.807) is 16.6 Å². The molecular weight excluding hydrogens is 652 g/mol. The first-order chi connectivity index (χ1) is 18.9. The van der Waals surface area contributed by atoms with Crippen LogP contribution in [0.2, 0.25) is 0 Å². The predicted octanol–water partition coefficient (Wildman–Crippen LogP) is 8.30. The molecule has 1 aromatic heterocycles. The molecule has 2 aliphatic carbocycles. The van der Waals surface area contributed by atoms with Crippen LogP contribution in [-0.4, -0.2) is 44.4 Å². The lowest BCUT2D eigenvalue weighted by atomic mass is 9.91. The number of anilines is 4. The number of amides is 1. The molecule has 1 atom stereocenters. The lowest BCUT2D eigenvalue weighted by Crippen LogP contribution is -2.21. The van der Waals surface area contributed by atoms with Crippen LogP contribution in [0.1, 0.15) is 74.5 Å². The Balaban J connectivity index is 0.00000134. The summed E-state index contributed by atoms with van der Waals surface area (Å²) in [5.41, 5.74) is 9.85. The second-order valence-electron chi connectivity index (χ2n) is 9.69. The van der Waals surface area contributed by atoms with Crippen molar-refractivity contribution in [3.63, 3.8) is 0 Å². The lowest BCUT2D eigenvalue weighted by Gasteiger charge is -2.26. The highest BCUT2D eigenvalue weighted by Crippen LogP contribution is 2.48. The van der Waals surface area contributed by atoms with Gasteiger partial charge in [0.15, 0.2) is 5.82 Å². The first-order valence-electron chi connectivity index (χ1n) is 13.1. The first kappa shape index (κ1) is 31.8. The number of halogens is 3. The number of primary amides is 1. The molecule has 2 aliphatic rings. The lowest BCUT2D eigenvalue weighted by molar-refractivity contribution is -0.106. The van der Waals surface area contributed by atoms with Crippen LogP contribution in [0, 0.1) is 0 Å². The Morgan fingerprint density at radius 1 is 1.21 bits per heavy atom. The van der Waals surface area contributed by atoms with E-state index in [2.05, 4.69) is 80.6 Å². The monoisotopic (exact) mass is 690 g/mol. The van der Waals surface area contributed by atoms with Crippen molar-refractivity contribution in [2.45, 2.75) is 69.6 Å². The van der Waals surface area contributed by atoms with Crippen molar-refractivity contribution in [1.29, 1.82) is 0 Å². The fourth-order valence-corrected chi connectivity index (χ4v) is 6.96. The maximum atomic E-state index is 13.4. The third kappa shape index (κ3) is 8.88. The van der Waals surface area contributed by atoms with Gasteiger partial charge in [-0.05, 0) is 84.1 Å². The topological polar surface area (TPSA) is 86.8 Å². The van der Waals surface area contributed by atoms with E-state index >= 15 is 0 Å². The summed E-state index contributed by atoms with van der Waals surface area (Å²) in [5, 5.41) is 3.60. The fraction of sp³-hybridized carbons (Fsp3) is 0.519. The van der Waals surface area contributed by atoms with E-state index in [1.165, 1.54) is 44.1 Å². The molecule has 7 nitrogen and oxygen atoms in total. The molecule has 1 amide bonds. The second kappa shape index (κ2) is 15.9. The summed E-state index contributed by atoms with van der Waals surface area (Å²) in [7, 11) is 2.07. The van der Waals surface area contributed by atoms with Gasteiger partial charge in [-0.3, -0.25) is 9.79 Å². The predicted molar refractivity (Wildman–Crippen MR) is 173 cm³/mol. The van der Waals surface area contributed by atoms with E-state index in [-0.39, 0.29) is 19.3 Å². The number of rotatable bonds is 11. The van der Waals surface area contributed by atoms with E-state index in [4.69, 9.17) is 9.78 Å². The van der Waals surface area contributed by atoms with E-state index in [1.807, 2.05) is 6.07 Å². The van der Waals surface area contributed by atoms with Crippen molar-refractivity contribution < 1.29 is 13.6 Å². The highest BCUT2D eigenvalue weighted by atomic mass is 127. The summed E-state index contributed by atoms with van der Waals surface area (Å²) in [6.07, 6.45) is 9.88. The summed E-state index contributed by atoms with van der Waals surface area (Å²) in [4.78, 5) is 17.7. The summed E-state index contributed by atoms with van der Waals surface area (Å²) < 4.78 is 30.5. The van der Waals surface area contributed by atoms with Gasteiger partial charge in [-0.2, -0.15) is 0 Å². The van der Waals surface area contributed by atoms with Crippen LogP contribution < -0.4 is 20.0 Å². The molecular formula is C27H38F2IN6OPS. The minimum absolute atomic E-state index is 0.120. The third-order valence-electron chi connectivity index (χ3n) is 7.06. The molecule has 4 rings (SSSR count). The minimum atomic E-state index is -2.45. The smallest absolute Gasteiger partial charge is 0.256 e. The molecule has 1 heterocycles. The minimum Gasteiger partial charge on any atom is -0.372 e. The molecule has 2 aromatic rings. The number of nitrogens with zero attached hydrogens (tertiary/aromatic N) is 4. The van der Waals surface area contributed by atoms with Gasteiger partial charge in [0.1, 0.15) is 5.69 Å². The Bertz CT molecular complexity index is 1100. The van der Waals surface area contributed by atoms with Gasteiger partial charge in [-0.1, -0.05) is 43.7 Å². The Morgan fingerprint density at radius 3 is 2.41 bits per heavy atom. The van der Waals surface area contributed by atoms with Crippen molar-refractivity contribution in [1.82, 2.24) is 4.98 Å². The highest BCUT2D eigenvalue weighted by molar-refractivity contribution is 14.2. The van der Waals surface area contributed by atoms with Crippen LogP contribution in [-0.2, 0) is 4.79 Å². The average Bonchev–Trinajstić information content (AvgIpc) is 3.79. The summed E-state index contributed by atoms with van der Waals surface area (Å²) >= 11 is 3.80. The van der Waals surface area contributed by atoms with Gasteiger partial charge in [0.2, 0.25) is 6.41 Å². The van der Waals surface area contributed by atoms with Crippen LogP contribution in [0.3, 0.4) is 0 Å². The molecule has 0 radical (unpaired) electrons. The molecule has 1 unspecified atom stereocenters. The summed E-state index contributed by atoms with van der Waals surface area (Å²) in [6, 6.07) is 8.75. The number of carbonyl (C=O) groups is 1. The third-order valence-corrected chi connectivity index (χ3v) is 10.1. The first-order valence-corrected chi connectivity index (χ1v) is 18.4. The van der Waals surface area contributed by atoms with Crippen LogP contribution in [0.5, 0.6) is 0 Å². The number of nitrogens with two attached hydrogens (primary N) is 1. The molecule has 0 saturated heterocycles. The molecule has 12 heteroatoms. The van der Waals surface area contributed by atoms with Crippen LogP contribution in [0.25, 0.3) is 0 Å². The zero-order valence-electron chi connectivity index (χ0n) is 22.5. The molecule has 39 heavy (non-hydrogen) atoms. The van der Waals surface area contributed by atoms with Gasteiger partial charge in [-0.25, -0.2) is 13.8 Å². The largest absolute Gasteiger partial charge is 0.372 e. The molecule has 214 valence electrons. The van der Waals surface area contributed by atoms with Gasteiger partial charge in [0, 0.05) is 31.3 Å².